The molecular weight excluding hydrogens is 390 g/mol. The number of rotatable bonds is 5. The van der Waals surface area contributed by atoms with Crippen LogP contribution in [-0.2, 0) is 25.8 Å². The molecule has 0 unspecified atom stereocenters. The Bertz CT molecular complexity index is 1340. The van der Waals surface area contributed by atoms with Crippen LogP contribution in [0.15, 0.2) is 47.3 Å². The Hall–Kier alpha value is -2.97. The molecule has 0 atom stereocenters. The molecule has 4 aromatic rings. The monoisotopic (exact) mass is 413 g/mol. The maximum atomic E-state index is 13.6. The first kappa shape index (κ1) is 19.0. The van der Waals surface area contributed by atoms with Crippen molar-refractivity contribution in [2.75, 3.05) is 0 Å². The number of thiophene rings is 1. The molecule has 0 saturated heterocycles. The molecule has 5 heteroatoms. The van der Waals surface area contributed by atoms with Gasteiger partial charge in [0.05, 0.1) is 11.5 Å². The zero-order chi connectivity index (χ0) is 20.5. The van der Waals surface area contributed by atoms with Gasteiger partial charge in [0.15, 0.2) is 0 Å². The third-order valence-electron chi connectivity index (χ3n) is 6.05. The summed E-state index contributed by atoms with van der Waals surface area (Å²) < 4.78 is 1.84. The Kier molecular flexibility index (Phi) is 5.10. The van der Waals surface area contributed by atoms with Crippen molar-refractivity contribution in [3.05, 3.63) is 74.6 Å². The summed E-state index contributed by atoms with van der Waals surface area (Å²) in [5.74, 6) is 0.806. The molecule has 1 aliphatic rings. The Morgan fingerprint density at radius 1 is 1.10 bits per heavy atom. The number of hydrogen-bond donors (Lipinski definition) is 0. The van der Waals surface area contributed by atoms with E-state index < -0.39 is 0 Å². The molecule has 0 radical (unpaired) electrons. The maximum absolute atomic E-state index is 13.6. The quantitative estimate of drug-likeness (QED) is 0.413. The summed E-state index contributed by atoms with van der Waals surface area (Å²) in [6, 6.07) is 16.8. The molecule has 0 spiro atoms. The van der Waals surface area contributed by atoms with Crippen LogP contribution in [0.5, 0.6) is 0 Å². The summed E-state index contributed by atoms with van der Waals surface area (Å²) in [7, 11) is 0. The van der Waals surface area contributed by atoms with E-state index in [1.54, 1.807) is 11.3 Å². The maximum Gasteiger partial charge on any atom is 0.262 e. The minimum atomic E-state index is 0.0765. The van der Waals surface area contributed by atoms with E-state index in [-0.39, 0.29) is 5.56 Å². The smallest absolute Gasteiger partial charge is 0.262 e. The van der Waals surface area contributed by atoms with Crippen LogP contribution in [0.3, 0.4) is 0 Å². The Morgan fingerprint density at radius 3 is 2.83 bits per heavy atom. The second kappa shape index (κ2) is 8.04. The lowest BCUT2D eigenvalue weighted by molar-refractivity contribution is 0.597. The summed E-state index contributed by atoms with van der Waals surface area (Å²) in [6.07, 6.45) is 6.10. The predicted molar refractivity (Wildman–Crippen MR) is 122 cm³/mol. The molecule has 2 aromatic heterocycles. The highest BCUT2D eigenvalue weighted by molar-refractivity contribution is 7.18. The van der Waals surface area contributed by atoms with Gasteiger partial charge in [0, 0.05) is 24.3 Å². The van der Waals surface area contributed by atoms with Crippen LogP contribution in [-0.4, -0.2) is 9.55 Å². The highest BCUT2D eigenvalue weighted by Gasteiger charge is 2.22. The molecule has 5 rings (SSSR count). The van der Waals surface area contributed by atoms with Crippen molar-refractivity contribution in [3.63, 3.8) is 0 Å². The molecule has 150 valence electrons. The van der Waals surface area contributed by atoms with Crippen molar-refractivity contribution in [2.45, 2.75) is 51.5 Å². The Labute approximate surface area is 179 Å². The number of aryl methyl sites for hydroxylation is 2. The molecule has 4 nitrogen and oxygen atoms in total. The van der Waals surface area contributed by atoms with Crippen LogP contribution in [0.2, 0.25) is 0 Å². The van der Waals surface area contributed by atoms with Crippen molar-refractivity contribution >= 4 is 32.3 Å². The van der Waals surface area contributed by atoms with Gasteiger partial charge in [-0.1, -0.05) is 42.5 Å². The van der Waals surface area contributed by atoms with Gasteiger partial charge in [-0.15, -0.1) is 11.3 Å². The van der Waals surface area contributed by atoms with Gasteiger partial charge in [-0.3, -0.25) is 9.36 Å². The van der Waals surface area contributed by atoms with Gasteiger partial charge in [-0.2, -0.15) is 5.26 Å². The molecule has 0 fully saturated rings. The van der Waals surface area contributed by atoms with Gasteiger partial charge in [0.1, 0.15) is 10.7 Å². The van der Waals surface area contributed by atoms with Gasteiger partial charge in [0.2, 0.25) is 0 Å². The third kappa shape index (κ3) is 3.32. The van der Waals surface area contributed by atoms with Crippen molar-refractivity contribution < 1.29 is 0 Å². The normalized spacial score (nSPS) is 13.4. The van der Waals surface area contributed by atoms with Gasteiger partial charge in [0.25, 0.3) is 5.56 Å². The van der Waals surface area contributed by atoms with Crippen molar-refractivity contribution in [3.8, 4) is 6.07 Å². The topological polar surface area (TPSA) is 58.7 Å². The van der Waals surface area contributed by atoms with Gasteiger partial charge in [-0.05, 0) is 54.0 Å². The van der Waals surface area contributed by atoms with Crippen LogP contribution in [0, 0.1) is 11.3 Å². The van der Waals surface area contributed by atoms with Crippen LogP contribution in [0.4, 0.5) is 0 Å². The fourth-order valence-electron chi connectivity index (χ4n) is 4.58. The van der Waals surface area contributed by atoms with Crippen molar-refractivity contribution in [2.24, 2.45) is 0 Å². The molecule has 0 aliphatic heterocycles. The second-order valence-corrected chi connectivity index (χ2v) is 9.04. The highest BCUT2D eigenvalue weighted by Crippen LogP contribution is 2.34. The van der Waals surface area contributed by atoms with Crippen LogP contribution in [0.25, 0.3) is 21.0 Å². The third-order valence-corrected chi connectivity index (χ3v) is 7.24. The summed E-state index contributed by atoms with van der Waals surface area (Å²) in [5, 5.41) is 12.2. The first-order valence-electron chi connectivity index (χ1n) is 10.6. The van der Waals surface area contributed by atoms with Crippen LogP contribution < -0.4 is 5.56 Å². The molecule has 2 heterocycles. The zero-order valence-corrected chi connectivity index (χ0v) is 17.7. The Balaban J connectivity index is 1.66. The molecule has 2 aromatic carbocycles. The molecule has 0 amide bonds. The largest absolute Gasteiger partial charge is 0.296 e. The first-order valence-corrected chi connectivity index (χ1v) is 11.5. The lowest BCUT2D eigenvalue weighted by Gasteiger charge is -2.14. The summed E-state index contributed by atoms with van der Waals surface area (Å²) in [5.41, 5.74) is 2.48. The average Bonchev–Trinajstić information content (AvgIpc) is 3.14. The summed E-state index contributed by atoms with van der Waals surface area (Å²) in [6.45, 7) is 0.542. The number of aromatic nitrogens is 2. The number of hydrogen-bond acceptors (Lipinski definition) is 4. The molecule has 0 saturated carbocycles. The average molecular weight is 414 g/mol. The molecule has 30 heavy (non-hydrogen) atoms. The number of benzene rings is 2. The van der Waals surface area contributed by atoms with Crippen molar-refractivity contribution in [1.82, 2.24) is 9.55 Å². The number of nitriles is 1. The molecule has 0 N–H and O–H groups in total. The summed E-state index contributed by atoms with van der Waals surface area (Å²) in [4.78, 5) is 20.8. The van der Waals surface area contributed by atoms with E-state index >= 15 is 0 Å². The standard InChI is InChI=1S/C25H23N3OS/c26-14-5-6-15-28-22(16-18-10-7-9-17-8-1-2-11-19(17)18)27-24-23(25(28)29)20-12-3-4-13-21(20)30-24/h1-2,7-11H,3-6,12-13,15-16H2. The molecular formula is C25H23N3OS. The number of nitrogens with zero attached hydrogens (tertiary/aromatic N) is 3. The summed E-state index contributed by atoms with van der Waals surface area (Å²) >= 11 is 1.70. The number of unbranched alkanes of at least 4 members (excludes halogenated alkanes) is 1. The zero-order valence-electron chi connectivity index (χ0n) is 16.9. The number of fused-ring (bicyclic) bond motifs is 4. The van der Waals surface area contributed by atoms with Gasteiger partial charge >= 0.3 is 0 Å². The van der Waals surface area contributed by atoms with Crippen LogP contribution in [0.1, 0.15) is 47.5 Å². The lowest BCUT2D eigenvalue weighted by atomic mass is 9.97. The fourth-order valence-corrected chi connectivity index (χ4v) is 5.85. The minimum Gasteiger partial charge on any atom is -0.296 e. The first-order chi connectivity index (χ1) is 14.8. The highest BCUT2D eigenvalue weighted by atomic mass is 32.1. The van der Waals surface area contributed by atoms with Gasteiger partial charge < -0.3 is 0 Å². The van der Waals surface area contributed by atoms with E-state index in [1.807, 2.05) is 10.6 Å². The second-order valence-electron chi connectivity index (χ2n) is 7.95. The lowest BCUT2D eigenvalue weighted by Crippen LogP contribution is -2.26. The molecule has 0 bridgehead atoms. The van der Waals surface area contributed by atoms with E-state index in [0.29, 0.717) is 25.8 Å². The van der Waals surface area contributed by atoms with Gasteiger partial charge in [-0.25, -0.2) is 4.98 Å². The van der Waals surface area contributed by atoms with Crippen LogP contribution >= 0.6 is 11.3 Å². The van der Waals surface area contributed by atoms with E-state index in [2.05, 4.69) is 42.5 Å². The predicted octanol–water partition coefficient (Wildman–Crippen LogP) is 5.38. The van der Waals surface area contributed by atoms with Crippen molar-refractivity contribution in [1.29, 1.82) is 5.26 Å². The van der Waals surface area contributed by atoms with E-state index in [4.69, 9.17) is 10.2 Å². The SMILES string of the molecule is N#CCCCn1c(Cc2cccc3ccccc23)nc2sc3c(c2c1=O)CCCC3. The van der Waals surface area contributed by atoms with E-state index in [1.165, 1.54) is 33.2 Å². The van der Waals surface area contributed by atoms with E-state index in [0.717, 1.165) is 35.3 Å². The van der Waals surface area contributed by atoms with E-state index in [9.17, 15) is 4.79 Å². The minimum absolute atomic E-state index is 0.0765. The fraction of sp³-hybridized carbons (Fsp3) is 0.320. The Morgan fingerprint density at radius 2 is 1.93 bits per heavy atom. The molecule has 1 aliphatic carbocycles.